The first-order valence-electron chi connectivity index (χ1n) is 9.78. The number of amides is 3. The number of nitrogens with zero attached hydrogens (tertiary/aromatic N) is 4. The lowest BCUT2D eigenvalue weighted by Gasteiger charge is -2.10. The number of nitrogen functional groups attached to an aromatic ring is 1. The Balaban J connectivity index is 1.69. The fourth-order valence-corrected chi connectivity index (χ4v) is 3.80. The smallest absolute Gasteiger partial charge is 0.321 e. The Labute approximate surface area is 188 Å². The minimum atomic E-state index is -0.572. The topological polar surface area (TPSA) is 128 Å². The van der Waals surface area contributed by atoms with E-state index in [-0.39, 0.29) is 5.75 Å². The maximum atomic E-state index is 11.9. The molecule has 32 heavy (non-hydrogen) atoms. The summed E-state index contributed by atoms with van der Waals surface area (Å²) in [5, 5.41) is 14.2. The zero-order valence-electron chi connectivity index (χ0n) is 17.5. The highest BCUT2D eigenvalue weighted by Crippen LogP contribution is 2.32. The van der Waals surface area contributed by atoms with Gasteiger partial charge < -0.3 is 11.2 Å². The highest BCUT2D eigenvalue weighted by molar-refractivity contribution is 7.99. The highest BCUT2D eigenvalue weighted by atomic mass is 32.2. The molecule has 0 saturated heterocycles. The van der Waals surface area contributed by atoms with Crippen LogP contribution in [0.15, 0.2) is 59.8 Å². The van der Waals surface area contributed by atoms with E-state index in [1.54, 1.807) is 0 Å². The largest absolute Gasteiger partial charge is 0.341 e. The molecule has 9 nitrogen and oxygen atoms in total. The molecule has 0 radical (unpaired) electrons. The van der Waals surface area contributed by atoms with Gasteiger partial charge in [-0.25, -0.2) is 14.5 Å². The van der Waals surface area contributed by atoms with Gasteiger partial charge in [0.25, 0.3) is 0 Å². The zero-order valence-corrected chi connectivity index (χ0v) is 18.3. The molecule has 2 aromatic heterocycles. The Morgan fingerprint density at radius 1 is 1.09 bits per heavy atom. The number of aryl methyl sites for hydroxylation is 1. The number of thioether (sulfide) groups is 1. The van der Waals surface area contributed by atoms with Crippen LogP contribution in [0.5, 0.6) is 0 Å². The number of imide groups is 1. The Kier molecular flexibility index (Phi) is 6.04. The van der Waals surface area contributed by atoms with E-state index in [2.05, 4.69) is 20.8 Å². The van der Waals surface area contributed by atoms with Crippen molar-refractivity contribution in [2.75, 3.05) is 18.6 Å². The molecule has 4 N–H and O–H groups in total. The second-order valence-corrected chi connectivity index (χ2v) is 7.97. The van der Waals surface area contributed by atoms with Crippen LogP contribution in [0, 0.1) is 6.92 Å². The van der Waals surface area contributed by atoms with Gasteiger partial charge in [0.05, 0.1) is 17.0 Å². The summed E-state index contributed by atoms with van der Waals surface area (Å²) in [6, 6.07) is 17.2. The maximum absolute atomic E-state index is 11.9. The fourth-order valence-electron chi connectivity index (χ4n) is 3.15. The van der Waals surface area contributed by atoms with E-state index in [0.29, 0.717) is 11.0 Å². The van der Waals surface area contributed by atoms with Crippen molar-refractivity contribution in [1.82, 2.24) is 30.5 Å². The summed E-state index contributed by atoms with van der Waals surface area (Å²) in [6.07, 6.45) is 0. The predicted octanol–water partition coefficient (Wildman–Crippen LogP) is 2.73. The molecule has 0 unspecified atom stereocenters. The third-order valence-corrected chi connectivity index (χ3v) is 5.72. The van der Waals surface area contributed by atoms with Crippen molar-refractivity contribution in [3.8, 4) is 22.6 Å². The van der Waals surface area contributed by atoms with Crippen molar-refractivity contribution in [3.05, 3.63) is 60.2 Å². The van der Waals surface area contributed by atoms with Gasteiger partial charge in [0.2, 0.25) is 11.1 Å². The molecule has 4 rings (SSSR count). The third-order valence-electron chi connectivity index (χ3n) is 4.78. The summed E-state index contributed by atoms with van der Waals surface area (Å²) in [5.41, 5.74) is 4.52. The van der Waals surface area contributed by atoms with Gasteiger partial charge in [-0.05, 0) is 19.1 Å². The van der Waals surface area contributed by atoms with E-state index in [1.807, 2.05) is 61.5 Å². The first-order chi connectivity index (χ1) is 15.5. The number of pyridine rings is 1. The number of para-hydroxylation sites is 1. The number of rotatable bonds is 5. The molecule has 10 heteroatoms. The van der Waals surface area contributed by atoms with Gasteiger partial charge in [-0.2, -0.15) is 0 Å². The number of benzene rings is 2. The van der Waals surface area contributed by atoms with Crippen LogP contribution < -0.4 is 16.5 Å². The summed E-state index contributed by atoms with van der Waals surface area (Å²) in [6.45, 7) is 2.04. The molecule has 0 bridgehead atoms. The van der Waals surface area contributed by atoms with E-state index in [4.69, 9.17) is 10.8 Å². The normalized spacial score (nSPS) is 10.8. The Bertz CT molecular complexity index is 1300. The number of hydrogen-bond donors (Lipinski definition) is 3. The molecular weight excluding hydrogens is 426 g/mol. The summed E-state index contributed by atoms with van der Waals surface area (Å²) in [5.74, 6) is 6.24. The molecular formula is C22H21N7O2S. The van der Waals surface area contributed by atoms with Crippen LogP contribution in [0.4, 0.5) is 4.79 Å². The summed E-state index contributed by atoms with van der Waals surface area (Å²) < 4.78 is 1.35. The van der Waals surface area contributed by atoms with Crippen LogP contribution in [-0.2, 0) is 4.79 Å². The predicted molar refractivity (Wildman–Crippen MR) is 124 cm³/mol. The minimum absolute atomic E-state index is 0.0333. The maximum Gasteiger partial charge on any atom is 0.321 e. The number of fused-ring (bicyclic) bond motifs is 1. The lowest BCUT2D eigenvalue weighted by atomic mass is 10.0. The number of carbonyl (C=O) groups excluding carboxylic acids is 2. The average molecular weight is 448 g/mol. The average Bonchev–Trinajstić information content (AvgIpc) is 3.17. The van der Waals surface area contributed by atoms with E-state index in [0.717, 1.165) is 39.5 Å². The Hall–Kier alpha value is -3.92. The molecule has 2 heterocycles. The standard InChI is InChI=1S/C22H21N7O2S/c1-13-7-9-14(10-8-13)18-11-16(15-5-3-4-6-17(15)25-18)20-27-28-22(29(20)23)32-12-19(30)26-21(31)24-2/h3-11H,12,23H2,1-2H3,(H2,24,26,30,31). The van der Waals surface area contributed by atoms with Crippen molar-refractivity contribution in [2.45, 2.75) is 12.1 Å². The van der Waals surface area contributed by atoms with E-state index in [9.17, 15) is 9.59 Å². The number of carbonyl (C=O) groups is 2. The van der Waals surface area contributed by atoms with Crippen LogP contribution in [0.2, 0.25) is 0 Å². The fraction of sp³-hybridized carbons (Fsp3) is 0.136. The third kappa shape index (κ3) is 4.40. The number of nitrogens with one attached hydrogen (secondary N) is 2. The molecule has 3 amide bonds. The molecule has 4 aromatic rings. The minimum Gasteiger partial charge on any atom is -0.341 e. The van der Waals surface area contributed by atoms with Gasteiger partial charge in [0.15, 0.2) is 5.82 Å². The van der Waals surface area contributed by atoms with Crippen LogP contribution in [-0.4, -0.2) is 44.6 Å². The van der Waals surface area contributed by atoms with Crippen molar-refractivity contribution in [1.29, 1.82) is 0 Å². The van der Waals surface area contributed by atoms with E-state index in [1.165, 1.54) is 17.3 Å². The second kappa shape index (κ2) is 9.06. The van der Waals surface area contributed by atoms with Crippen molar-refractivity contribution in [3.63, 3.8) is 0 Å². The van der Waals surface area contributed by atoms with Crippen molar-refractivity contribution in [2.24, 2.45) is 0 Å². The SMILES string of the molecule is CNC(=O)NC(=O)CSc1nnc(-c2cc(-c3ccc(C)cc3)nc3ccccc23)n1N. The monoisotopic (exact) mass is 447 g/mol. The van der Waals surface area contributed by atoms with Gasteiger partial charge in [0, 0.05) is 23.6 Å². The second-order valence-electron chi connectivity index (χ2n) is 7.03. The highest BCUT2D eigenvalue weighted by Gasteiger charge is 2.18. The Morgan fingerprint density at radius 2 is 1.84 bits per heavy atom. The lowest BCUT2D eigenvalue weighted by molar-refractivity contribution is -0.117. The summed E-state index contributed by atoms with van der Waals surface area (Å²) >= 11 is 1.09. The molecule has 0 aliphatic rings. The van der Waals surface area contributed by atoms with Crippen molar-refractivity contribution < 1.29 is 9.59 Å². The van der Waals surface area contributed by atoms with Gasteiger partial charge in [0.1, 0.15) is 0 Å². The Morgan fingerprint density at radius 3 is 2.59 bits per heavy atom. The van der Waals surface area contributed by atoms with Gasteiger partial charge in [-0.3, -0.25) is 10.1 Å². The molecule has 2 aromatic carbocycles. The van der Waals surface area contributed by atoms with E-state index >= 15 is 0 Å². The first kappa shape index (κ1) is 21.3. The van der Waals surface area contributed by atoms with Crippen LogP contribution in [0.1, 0.15) is 5.56 Å². The number of urea groups is 1. The molecule has 0 aliphatic heterocycles. The van der Waals surface area contributed by atoms with Gasteiger partial charge >= 0.3 is 6.03 Å². The van der Waals surface area contributed by atoms with E-state index < -0.39 is 11.9 Å². The van der Waals surface area contributed by atoms with Crippen LogP contribution >= 0.6 is 11.8 Å². The summed E-state index contributed by atoms with van der Waals surface area (Å²) in [7, 11) is 1.43. The molecule has 0 saturated carbocycles. The molecule has 0 spiro atoms. The lowest BCUT2D eigenvalue weighted by Crippen LogP contribution is -2.38. The zero-order chi connectivity index (χ0) is 22.7. The van der Waals surface area contributed by atoms with Crippen molar-refractivity contribution >= 4 is 34.6 Å². The van der Waals surface area contributed by atoms with Gasteiger partial charge in [-0.15, -0.1) is 10.2 Å². The van der Waals surface area contributed by atoms with Crippen LogP contribution in [0.3, 0.4) is 0 Å². The van der Waals surface area contributed by atoms with Gasteiger partial charge in [-0.1, -0.05) is 59.8 Å². The quantitative estimate of drug-likeness (QED) is 0.317. The van der Waals surface area contributed by atoms with Crippen LogP contribution in [0.25, 0.3) is 33.5 Å². The number of nitrogens with two attached hydrogens (primary N) is 1. The number of aromatic nitrogens is 4. The molecule has 0 atom stereocenters. The first-order valence-corrected chi connectivity index (χ1v) is 10.8. The molecule has 0 aliphatic carbocycles. The molecule has 0 fully saturated rings. The summed E-state index contributed by atoms with van der Waals surface area (Å²) in [4.78, 5) is 27.9. The molecule has 162 valence electrons. The number of hydrogen-bond acceptors (Lipinski definition) is 7.